The summed E-state index contributed by atoms with van der Waals surface area (Å²) in [4.78, 5) is 25.9. The molecule has 1 fully saturated rings. The summed E-state index contributed by atoms with van der Waals surface area (Å²) in [5.41, 5.74) is 1.99. The number of ether oxygens (including phenoxy) is 2. The maximum Gasteiger partial charge on any atom is 0.326 e. The van der Waals surface area contributed by atoms with Crippen molar-refractivity contribution in [2.75, 3.05) is 13.2 Å². The Balaban J connectivity index is 1.65. The lowest BCUT2D eigenvalue weighted by Gasteiger charge is -2.36. The van der Waals surface area contributed by atoms with Gasteiger partial charge in [-0.2, -0.15) is 0 Å². The number of aliphatic carboxylic acids is 1. The van der Waals surface area contributed by atoms with Crippen LogP contribution in [-0.4, -0.2) is 53.3 Å². The lowest BCUT2D eigenvalue weighted by Crippen LogP contribution is -2.52. The van der Waals surface area contributed by atoms with Gasteiger partial charge < -0.3 is 19.5 Å². The third kappa shape index (κ3) is 4.19. The molecule has 25 heavy (non-hydrogen) atoms. The number of hydrogen-bond donors (Lipinski definition) is 1. The summed E-state index contributed by atoms with van der Waals surface area (Å²) in [6.45, 7) is 3.10. The molecule has 6 nitrogen and oxygen atoms in total. The van der Waals surface area contributed by atoms with Crippen LogP contribution in [0.4, 0.5) is 0 Å². The number of amides is 1. The normalized spacial score (nSPS) is 24.4. The Morgan fingerprint density at radius 3 is 2.76 bits per heavy atom. The molecule has 2 heterocycles. The molecule has 1 aromatic rings. The molecule has 136 valence electrons. The van der Waals surface area contributed by atoms with Crippen molar-refractivity contribution in [2.24, 2.45) is 0 Å². The van der Waals surface area contributed by atoms with Crippen molar-refractivity contribution in [3.63, 3.8) is 0 Å². The zero-order valence-corrected chi connectivity index (χ0v) is 14.5. The number of carboxylic acid groups (broad SMARTS) is 1. The topological polar surface area (TPSA) is 76.1 Å². The van der Waals surface area contributed by atoms with Crippen LogP contribution in [0, 0.1) is 0 Å². The molecule has 0 aliphatic carbocycles. The molecule has 0 saturated carbocycles. The van der Waals surface area contributed by atoms with Crippen LogP contribution < -0.4 is 0 Å². The van der Waals surface area contributed by atoms with E-state index in [1.54, 1.807) is 6.92 Å². The summed E-state index contributed by atoms with van der Waals surface area (Å²) in [5.74, 6) is -1.26. The number of fused-ring (bicyclic) bond motifs is 1. The number of rotatable bonds is 5. The number of carboxylic acids is 1. The van der Waals surface area contributed by atoms with Crippen LogP contribution in [0.2, 0.25) is 0 Å². The van der Waals surface area contributed by atoms with Crippen molar-refractivity contribution >= 4 is 11.9 Å². The molecule has 2 aliphatic rings. The molecule has 3 atom stereocenters. The average Bonchev–Trinajstić information content (AvgIpc) is 2.65. The Hall–Kier alpha value is -1.92. The van der Waals surface area contributed by atoms with E-state index in [4.69, 9.17) is 9.47 Å². The number of nitrogens with zero attached hydrogens (tertiary/aromatic N) is 1. The fraction of sp³-hybridized carbons (Fsp3) is 0.579. The van der Waals surface area contributed by atoms with Gasteiger partial charge in [-0.05, 0) is 37.3 Å². The van der Waals surface area contributed by atoms with Crippen molar-refractivity contribution in [1.82, 2.24) is 4.90 Å². The predicted molar refractivity (Wildman–Crippen MR) is 91.1 cm³/mol. The number of carbonyl (C=O) groups is 2. The molecule has 0 aromatic heterocycles. The molecular weight excluding hydrogens is 322 g/mol. The van der Waals surface area contributed by atoms with Crippen LogP contribution in [0.1, 0.15) is 37.3 Å². The highest BCUT2D eigenvalue weighted by atomic mass is 16.5. The van der Waals surface area contributed by atoms with Crippen LogP contribution in [0.15, 0.2) is 24.3 Å². The highest BCUT2D eigenvalue weighted by Gasteiger charge is 2.36. The van der Waals surface area contributed by atoms with Gasteiger partial charge in [0.1, 0.15) is 12.1 Å². The smallest absolute Gasteiger partial charge is 0.326 e. The van der Waals surface area contributed by atoms with Crippen molar-refractivity contribution in [2.45, 2.75) is 57.4 Å². The second-order valence-electron chi connectivity index (χ2n) is 6.76. The Morgan fingerprint density at radius 2 is 2.08 bits per heavy atom. The van der Waals surface area contributed by atoms with Gasteiger partial charge in [-0.1, -0.05) is 24.3 Å². The zero-order chi connectivity index (χ0) is 17.8. The molecule has 0 spiro atoms. The first-order chi connectivity index (χ1) is 12.1. The van der Waals surface area contributed by atoms with Crippen LogP contribution >= 0.6 is 0 Å². The van der Waals surface area contributed by atoms with Gasteiger partial charge in [0, 0.05) is 19.6 Å². The van der Waals surface area contributed by atoms with Gasteiger partial charge in [0.2, 0.25) is 0 Å². The van der Waals surface area contributed by atoms with Crippen molar-refractivity contribution in [3.8, 4) is 0 Å². The van der Waals surface area contributed by atoms with Crippen molar-refractivity contribution in [1.29, 1.82) is 0 Å². The van der Waals surface area contributed by atoms with E-state index < -0.39 is 18.1 Å². The van der Waals surface area contributed by atoms with Crippen LogP contribution in [0.3, 0.4) is 0 Å². The van der Waals surface area contributed by atoms with E-state index in [0.717, 1.165) is 37.0 Å². The summed E-state index contributed by atoms with van der Waals surface area (Å²) in [5, 5.41) is 9.54. The molecule has 1 N–H and O–H groups in total. The number of hydrogen-bond acceptors (Lipinski definition) is 4. The second kappa shape index (κ2) is 7.97. The Morgan fingerprint density at radius 1 is 1.32 bits per heavy atom. The predicted octanol–water partition coefficient (Wildman–Crippen LogP) is 2.00. The fourth-order valence-electron chi connectivity index (χ4n) is 3.47. The van der Waals surface area contributed by atoms with Gasteiger partial charge in [-0.3, -0.25) is 4.79 Å². The number of carbonyl (C=O) groups excluding carboxylic acids is 1. The van der Waals surface area contributed by atoms with Gasteiger partial charge >= 0.3 is 5.97 Å². The Kier molecular flexibility index (Phi) is 5.71. The van der Waals surface area contributed by atoms with Crippen LogP contribution in [0.5, 0.6) is 0 Å². The minimum Gasteiger partial charge on any atom is -0.480 e. The summed E-state index contributed by atoms with van der Waals surface area (Å²) >= 11 is 0. The third-order valence-electron chi connectivity index (χ3n) is 4.97. The molecule has 1 aromatic carbocycles. The molecule has 1 amide bonds. The SMILES string of the molecule is CC(OCC1CCCCO1)C(=O)N1Cc2ccccc2CC1C(=O)O. The van der Waals surface area contributed by atoms with E-state index >= 15 is 0 Å². The lowest BCUT2D eigenvalue weighted by molar-refractivity contribution is -0.158. The average molecular weight is 347 g/mol. The first kappa shape index (κ1) is 17.9. The van der Waals surface area contributed by atoms with Crippen LogP contribution in [0.25, 0.3) is 0 Å². The first-order valence-electron chi connectivity index (χ1n) is 8.89. The number of benzene rings is 1. The second-order valence-corrected chi connectivity index (χ2v) is 6.76. The fourth-order valence-corrected chi connectivity index (χ4v) is 3.47. The standard InChI is InChI=1S/C19H25NO5/c1-13(25-12-16-8-4-5-9-24-16)18(21)20-11-15-7-3-2-6-14(15)10-17(20)19(22)23/h2-3,6-7,13,16-17H,4-5,8-12H2,1H3,(H,22,23). The monoisotopic (exact) mass is 347 g/mol. The third-order valence-corrected chi connectivity index (χ3v) is 4.97. The molecule has 3 rings (SSSR count). The van der Waals surface area contributed by atoms with Gasteiger partial charge in [-0.25, -0.2) is 4.79 Å². The Labute approximate surface area is 147 Å². The Bertz CT molecular complexity index is 626. The lowest BCUT2D eigenvalue weighted by atomic mass is 9.93. The van der Waals surface area contributed by atoms with Crippen LogP contribution in [-0.2, 0) is 32.0 Å². The molecule has 0 radical (unpaired) electrons. The maximum absolute atomic E-state index is 12.8. The van der Waals surface area contributed by atoms with E-state index in [2.05, 4.69) is 0 Å². The van der Waals surface area contributed by atoms with Gasteiger partial charge in [0.05, 0.1) is 12.7 Å². The van der Waals surface area contributed by atoms with E-state index in [1.165, 1.54) is 4.90 Å². The zero-order valence-electron chi connectivity index (χ0n) is 14.5. The first-order valence-corrected chi connectivity index (χ1v) is 8.89. The van der Waals surface area contributed by atoms with Gasteiger partial charge in [-0.15, -0.1) is 0 Å². The molecule has 1 saturated heterocycles. The molecular formula is C19H25NO5. The van der Waals surface area contributed by atoms with E-state index in [-0.39, 0.29) is 12.0 Å². The van der Waals surface area contributed by atoms with Crippen molar-refractivity contribution in [3.05, 3.63) is 35.4 Å². The summed E-state index contributed by atoms with van der Waals surface area (Å²) in [7, 11) is 0. The summed E-state index contributed by atoms with van der Waals surface area (Å²) in [6.07, 6.45) is 2.79. The maximum atomic E-state index is 12.8. The highest BCUT2D eigenvalue weighted by Crippen LogP contribution is 2.24. The van der Waals surface area contributed by atoms with Gasteiger partial charge in [0.25, 0.3) is 5.91 Å². The van der Waals surface area contributed by atoms with E-state index in [0.29, 0.717) is 19.6 Å². The molecule has 0 bridgehead atoms. The minimum absolute atomic E-state index is 0.0290. The van der Waals surface area contributed by atoms with Gasteiger partial charge in [0.15, 0.2) is 0 Å². The minimum atomic E-state index is -0.981. The van der Waals surface area contributed by atoms with E-state index in [1.807, 2.05) is 24.3 Å². The van der Waals surface area contributed by atoms with E-state index in [9.17, 15) is 14.7 Å². The molecule has 3 unspecified atom stereocenters. The highest BCUT2D eigenvalue weighted by molar-refractivity contribution is 5.87. The summed E-state index contributed by atoms with van der Waals surface area (Å²) in [6, 6.07) is 6.82. The molecule has 2 aliphatic heterocycles. The summed E-state index contributed by atoms with van der Waals surface area (Å²) < 4.78 is 11.3. The van der Waals surface area contributed by atoms with Crippen molar-refractivity contribution < 1.29 is 24.2 Å². The largest absolute Gasteiger partial charge is 0.480 e. The quantitative estimate of drug-likeness (QED) is 0.882. The molecule has 6 heteroatoms.